The van der Waals surface area contributed by atoms with Gasteiger partial charge in [0.15, 0.2) is 5.78 Å². The molecule has 6 heterocycles. The summed E-state index contributed by atoms with van der Waals surface area (Å²) >= 11 is 0. The standard InChI is InChI=1S/C26H27F2N7O3/c1-13-18-11-30-25(32-20-6-5-17(10-29-20)34-12-16-8-15(31-16)9-21(34)37)33-23(18)35(24(38)22(13)14(2)36)19-4-3-7-26(19,27)28/h5-6,10-11,15-16,19,31H,3-4,7-9,12H2,1-2H3,(H,29,30,32,33)/t15-,16+,19?/m1/s1. The fourth-order valence-corrected chi connectivity index (χ4v) is 5.87. The molecular weight excluding hydrogens is 496 g/mol. The van der Waals surface area contributed by atoms with E-state index < -0.39 is 23.3 Å². The van der Waals surface area contributed by atoms with E-state index in [4.69, 9.17) is 0 Å². The Labute approximate surface area is 216 Å². The summed E-state index contributed by atoms with van der Waals surface area (Å²) in [5, 5.41) is 6.70. The monoisotopic (exact) mass is 523 g/mol. The molecule has 38 heavy (non-hydrogen) atoms. The van der Waals surface area contributed by atoms with Crippen LogP contribution in [0.2, 0.25) is 0 Å². The first-order valence-corrected chi connectivity index (χ1v) is 12.7. The highest BCUT2D eigenvalue weighted by atomic mass is 19.3. The third kappa shape index (κ3) is 4.03. The summed E-state index contributed by atoms with van der Waals surface area (Å²) in [4.78, 5) is 53.0. The number of Topliss-reactive ketones (excluding diaryl/α,β-unsaturated/α-hetero) is 1. The van der Waals surface area contributed by atoms with Crippen LogP contribution in [0.1, 0.15) is 61.0 Å². The summed E-state index contributed by atoms with van der Waals surface area (Å²) in [6.45, 7) is 3.43. The molecule has 0 radical (unpaired) electrons. The number of amides is 1. The number of carbonyl (C=O) groups excluding carboxylic acids is 2. The molecule has 1 saturated carbocycles. The smallest absolute Gasteiger partial charge is 0.268 e. The molecule has 0 spiro atoms. The second-order valence-electron chi connectivity index (χ2n) is 10.4. The number of halogens is 2. The number of aromatic nitrogens is 4. The summed E-state index contributed by atoms with van der Waals surface area (Å²) in [6.07, 6.45) is 4.48. The zero-order chi connectivity index (χ0) is 26.8. The van der Waals surface area contributed by atoms with E-state index in [1.165, 1.54) is 13.1 Å². The van der Waals surface area contributed by atoms with Gasteiger partial charge in [0.2, 0.25) is 11.9 Å². The van der Waals surface area contributed by atoms with Gasteiger partial charge < -0.3 is 15.5 Å². The fourth-order valence-electron chi connectivity index (χ4n) is 5.87. The van der Waals surface area contributed by atoms with Crippen molar-refractivity contribution >= 4 is 40.2 Å². The average molecular weight is 524 g/mol. The summed E-state index contributed by atoms with van der Waals surface area (Å²) in [6, 6.07) is 2.58. The number of aryl methyl sites for hydroxylation is 1. The molecule has 4 aliphatic rings. The van der Waals surface area contributed by atoms with Crippen LogP contribution in [-0.4, -0.2) is 55.8 Å². The van der Waals surface area contributed by atoms with Crippen LogP contribution < -0.4 is 21.1 Å². The van der Waals surface area contributed by atoms with Gasteiger partial charge in [0, 0.05) is 43.1 Å². The van der Waals surface area contributed by atoms with Crippen molar-refractivity contribution in [3.63, 3.8) is 0 Å². The fraction of sp³-hybridized carbons (Fsp3) is 0.462. The van der Waals surface area contributed by atoms with Gasteiger partial charge in [-0.1, -0.05) is 0 Å². The van der Waals surface area contributed by atoms with Crippen molar-refractivity contribution in [3.05, 3.63) is 46.0 Å². The highest BCUT2D eigenvalue weighted by Gasteiger charge is 2.46. The van der Waals surface area contributed by atoms with Gasteiger partial charge in [-0.05, 0) is 50.8 Å². The molecule has 0 aromatic carbocycles. The number of ketones is 1. The maximum Gasteiger partial charge on any atom is 0.268 e. The minimum absolute atomic E-state index is 0.0415. The lowest BCUT2D eigenvalue weighted by Gasteiger charge is -2.34. The number of alkyl halides is 2. The van der Waals surface area contributed by atoms with E-state index in [9.17, 15) is 23.2 Å². The molecule has 198 valence electrons. The van der Waals surface area contributed by atoms with Gasteiger partial charge in [0.25, 0.3) is 11.5 Å². The molecule has 12 heteroatoms. The topological polar surface area (TPSA) is 122 Å². The number of anilines is 3. The Morgan fingerprint density at radius 3 is 2.63 bits per heavy atom. The summed E-state index contributed by atoms with van der Waals surface area (Å²) in [5.41, 5.74) is 0.186. The summed E-state index contributed by atoms with van der Waals surface area (Å²) in [5.74, 6) is -3.10. The normalized spacial score (nSPS) is 24.3. The Bertz CT molecular complexity index is 1520. The second-order valence-corrected chi connectivity index (χ2v) is 10.4. The Morgan fingerprint density at radius 1 is 1.18 bits per heavy atom. The van der Waals surface area contributed by atoms with Crippen LogP contribution >= 0.6 is 0 Å². The molecule has 3 aromatic rings. The number of carbonyl (C=O) groups is 2. The maximum atomic E-state index is 14.8. The van der Waals surface area contributed by atoms with Crippen molar-refractivity contribution in [2.24, 2.45) is 0 Å². The predicted molar refractivity (Wildman–Crippen MR) is 136 cm³/mol. The van der Waals surface area contributed by atoms with E-state index in [1.807, 2.05) is 0 Å². The van der Waals surface area contributed by atoms with E-state index in [2.05, 4.69) is 25.6 Å². The molecule has 1 aliphatic carbocycles. The largest absolute Gasteiger partial charge is 0.309 e. The van der Waals surface area contributed by atoms with Crippen LogP contribution in [0.4, 0.5) is 26.2 Å². The van der Waals surface area contributed by atoms with Crippen molar-refractivity contribution in [1.82, 2.24) is 24.8 Å². The Balaban J connectivity index is 1.35. The number of rotatable bonds is 5. The average Bonchev–Trinajstić information content (AvgIpc) is 3.00. The number of pyridine rings is 2. The Morgan fingerprint density at radius 2 is 1.97 bits per heavy atom. The van der Waals surface area contributed by atoms with Crippen LogP contribution in [0.15, 0.2) is 29.3 Å². The van der Waals surface area contributed by atoms with Crippen LogP contribution in [0, 0.1) is 6.92 Å². The van der Waals surface area contributed by atoms with E-state index in [0.717, 1.165) is 11.0 Å². The highest BCUT2D eigenvalue weighted by molar-refractivity contribution is 5.99. The first kappa shape index (κ1) is 24.5. The van der Waals surface area contributed by atoms with Crippen LogP contribution in [0.3, 0.4) is 0 Å². The Hall–Kier alpha value is -3.80. The molecule has 2 bridgehead atoms. The number of nitrogens with zero attached hydrogens (tertiary/aromatic N) is 5. The minimum Gasteiger partial charge on any atom is -0.309 e. The molecule has 1 amide bonds. The van der Waals surface area contributed by atoms with Crippen molar-refractivity contribution in [2.75, 3.05) is 16.8 Å². The van der Waals surface area contributed by atoms with Gasteiger partial charge in [-0.15, -0.1) is 0 Å². The van der Waals surface area contributed by atoms with Gasteiger partial charge in [-0.3, -0.25) is 19.0 Å². The summed E-state index contributed by atoms with van der Waals surface area (Å²) in [7, 11) is 0. The molecule has 3 aliphatic heterocycles. The molecule has 7 rings (SSSR count). The van der Waals surface area contributed by atoms with Crippen molar-refractivity contribution in [2.45, 2.75) is 70.0 Å². The predicted octanol–water partition coefficient (Wildman–Crippen LogP) is 3.27. The number of hydrogen-bond acceptors (Lipinski definition) is 8. The number of nitrogens with one attached hydrogen (secondary N) is 2. The molecule has 3 saturated heterocycles. The van der Waals surface area contributed by atoms with Gasteiger partial charge in [-0.2, -0.15) is 4.98 Å². The maximum absolute atomic E-state index is 14.8. The highest BCUT2D eigenvalue weighted by Crippen LogP contribution is 2.44. The van der Waals surface area contributed by atoms with Crippen LogP contribution in [0.25, 0.3) is 11.0 Å². The molecule has 3 atom stereocenters. The van der Waals surface area contributed by atoms with E-state index >= 15 is 0 Å². The van der Waals surface area contributed by atoms with Crippen molar-refractivity contribution < 1.29 is 18.4 Å². The third-order valence-electron chi connectivity index (χ3n) is 7.81. The van der Waals surface area contributed by atoms with Crippen molar-refractivity contribution in [1.29, 1.82) is 0 Å². The van der Waals surface area contributed by atoms with E-state index in [1.54, 1.807) is 30.2 Å². The van der Waals surface area contributed by atoms with Gasteiger partial charge >= 0.3 is 0 Å². The van der Waals surface area contributed by atoms with Gasteiger partial charge in [0.1, 0.15) is 17.5 Å². The quantitative estimate of drug-likeness (QED) is 0.489. The van der Waals surface area contributed by atoms with Crippen molar-refractivity contribution in [3.8, 4) is 0 Å². The SMILES string of the molecule is CC(=O)c1c(C)c2cnc(Nc3ccc(N4C[C@@H]5C[C@H](CC4=O)N5)cn3)nc2n(C2CCCC2(F)F)c1=O. The zero-order valence-electron chi connectivity index (χ0n) is 21.0. The zero-order valence-corrected chi connectivity index (χ0v) is 21.0. The van der Waals surface area contributed by atoms with Crippen LogP contribution in [0.5, 0.6) is 0 Å². The first-order valence-electron chi connectivity index (χ1n) is 12.7. The number of hydrogen-bond donors (Lipinski definition) is 2. The summed E-state index contributed by atoms with van der Waals surface area (Å²) < 4.78 is 30.6. The van der Waals surface area contributed by atoms with Crippen LogP contribution in [-0.2, 0) is 4.79 Å². The van der Waals surface area contributed by atoms with Gasteiger partial charge in [-0.25, -0.2) is 18.7 Å². The first-order chi connectivity index (χ1) is 18.1. The molecule has 1 unspecified atom stereocenters. The third-order valence-corrected chi connectivity index (χ3v) is 7.81. The minimum atomic E-state index is -3.10. The van der Waals surface area contributed by atoms with E-state index in [-0.39, 0.29) is 54.4 Å². The molecular formula is C26H27F2N7O3. The van der Waals surface area contributed by atoms with Gasteiger partial charge in [0.05, 0.1) is 17.4 Å². The Kier molecular flexibility index (Phi) is 5.74. The molecule has 3 aromatic heterocycles. The molecule has 10 nitrogen and oxygen atoms in total. The van der Waals surface area contributed by atoms with E-state index in [0.29, 0.717) is 35.4 Å². The lowest BCUT2D eigenvalue weighted by molar-refractivity contribution is -0.118. The molecule has 4 fully saturated rings. The lowest BCUT2D eigenvalue weighted by Crippen LogP contribution is -2.53. The second kappa shape index (κ2) is 8.90. The lowest BCUT2D eigenvalue weighted by atomic mass is 9.96. The number of fused-ring (bicyclic) bond motifs is 4. The molecule has 2 N–H and O–H groups in total.